The van der Waals surface area contributed by atoms with Gasteiger partial charge in [-0.2, -0.15) is 0 Å². The van der Waals surface area contributed by atoms with Gasteiger partial charge >= 0.3 is 0 Å². The van der Waals surface area contributed by atoms with Crippen molar-refractivity contribution in [2.75, 3.05) is 13.2 Å². The molecule has 2 atom stereocenters. The molecule has 1 fully saturated rings. The summed E-state index contributed by atoms with van der Waals surface area (Å²) in [7, 11) is 0. The molecule has 0 bridgehead atoms. The Labute approximate surface area is 130 Å². The molecular weight excluding hydrogens is 279 g/mol. The molecule has 1 N–H and O–H groups in total. The second-order valence-electron chi connectivity index (χ2n) is 5.62. The molecule has 0 radical (unpaired) electrons. The molecule has 3 rings (SSSR count). The van der Waals surface area contributed by atoms with E-state index in [-0.39, 0.29) is 11.9 Å². The summed E-state index contributed by atoms with van der Waals surface area (Å²) in [6.45, 7) is 1.73. The molecule has 4 heteroatoms. The van der Waals surface area contributed by atoms with Gasteiger partial charge in [0.15, 0.2) is 0 Å². The summed E-state index contributed by atoms with van der Waals surface area (Å²) in [6, 6.07) is 13.3. The van der Waals surface area contributed by atoms with Crippen LogP contribution in [0.2, 0.25) is 0 Å². The maximum Gasteiger partial charge on any atom is 0.141 e. The van der Waals surface area contributed by atoms with Crippen LogP contribution in [0.4, 0.5) is 4.39 Å². The first-order chi connectivity index (χ1) is 10.8. The lowest BCUT2D eigenvalue weighted by atomic mass is 10.0. The van der Waals surface area contributed by atoms with Crippen LogP contribution in [0, 0.1) is 5.82 Å². The highest BCUT2D eigenvalue weighted by atomic mass is 19.1. The van der Waals surface area contributed by atoms with E-state index >= 15 is 0 Å². The summed E-state index contributed by atoms with van der Waals surface area (Å²) in [4.78, 5) is 4.24. The quantitative estimate of drug-likeness (QED) is 0.887. The van der Waals surface area contributed by atoms with Crippen LogP contribution in [0.1, 0.15) is 36.6 Å². The van der Waals surface area contributed by atoms with Crippen molar-refractivity contribution >= 4 is 0 Å². The highest BCUT2D eigenvalue weighted by Crippen LogP contribution is 2.21. The van der Waals surface area contributed by atoms with Crippen molar-refractivity contribution in [1.29, 1.82) is 0 Å². The van der Waals surface area contributed by atoms with Gasteiger partial charge in [-0.05, 0) is 43.5 Å². The average molecular weight is 300 g/mol. The fraction of sp³-hybridized carbons (Fsp3) is 0.389. The zero-order valence-electron chi connectivity index (χ0n) is 12.5. The van der Waals surface area contributed by atoms with E-state index in [0.717, 1.165) is 43.7 Å². The molecule has 1 saturated heterocycles. The van der Waals surface area contributed by atoms with Gasteiger partial charge in [-0.3, -0.25) is 4.98 Å². The molecule has 0 aliphatic carbocycles. The molecule has 1 aromatic heterocycles. The van der Waals surface area contributed by atoms with Gasteiger partial charge in [0.2, 0.25) is 0 Å². The third kappa shape index (κ3) is 3.90. The summed E-state index contributed by atoms with van der Waals surface area (Å²) in [6.07, 6.45) is 4.93. The molecule has 0 saturated carbocycles. The number of aromatic nitrogens is 1. The first-order valence-corrected chi connectivity index (χ1v) is 7.84. The van der Waals surface area contributed by atoms with Gasteiger partial charge in [0.25, 0.3) is 0 Å². The van der Waals surface area contributed by atoms with Crippen LogP contribution in [0.15, 0.2) is 48.7 Å². The Morgan fingerprint density at radius 1 is 1.23 bits per heavy atom. The van der Waals surface area contributed by atoms with Crippen LogP contribution < -0.4 is 5.32 Å². The fourth-order valence-corrected chi connectivity index (χ4v) is 2.86. The summed E-state index contributed by atoms with van der Waals surface area (Å²) >= 11 is 0. The summed E-state index contributed by atoms with van der Waals surface area (Å²) < 4.78 is 18.8. The van der Waals surface area contributed by atoms with Gasteiger partial charge in [0.05, 0.1) is 24.0 Å². The number of hydrogen-bond acceptors (Lipinski definition) is 3. The van der Waals surface area contributed by atoms with E-state index in [0.29, 0.717) is 6.10 Å². The van der Waals surface area contributed by atoms with Crippen LogP contribution in [0.25, 0.3) is 0 Å². The predicted molar refractivity (Wildman–Crippen MR) is 84.1 cm³/mol. The van der Waals surface area contributed by atoms with Crippen LogP contribution in [0.5, 0.6) is 0 Å². The monoisotopic (exact) mass is 300 g/mol. The van der Waals surface area contributed by atoms with Gasteiger partial charge < -0.3 is 10.1 Å². The molecule has 22 heavy (non-hydrogen) atoms. The van der Waals surface area contributed by atoms with Gasteiger partial charge in [0, 0.05) is 6.61 Å². The molecule has 1 aromatic carbocycles. The predicted octanol–water partition coefficient (Wildman–Crippen LogP) is 3.47. The normalized spacial score (nSPS) is 19.2. The van der Waals surface area contributed by atoms with E-state index < -0.39 is 0 Å². The lowest BCUT2D eigenvalue weighted by Gasteiger charge is -2.20. The smallest absolute Gasteiger partial charge is 0.141 e. The van der Waals surface area contributed by atoms with E-state index in [4.69, 9.17) is 4.74 Å². The van der Waals surface area contributed by atoms with Crippen molar-refractivity contribution < 1.29 is 9.13 Å². The summed E-state index contributed by atoms with van der Waals surface area (Å²) in [5, 5.41) is 3.53. The lowest BCUT2D eigenvalue weighted by molar-refractivity contribution is 0.104. The van der Waals surface area contributed by atoms with Gasteiger partial charge in [0.1, 0.15) is 5.82 Å². The fourth-order valence-electron chi connectivity index (χ4n) is 2.86. The third-order valence-electron chi connectivity index (χ3n) is 4.02. The Hall–Kier alpha value is -1.78. The number of nitrogens with one attached hydrogen (secondary N) is 1. The van der Waals surface area contributed by atoms with E-state index in [9.17, 15) is 4.39 Å². The number of hydrogen-bond donors (Lipinski definition) is 1. The molecule has 0 amide bonds. The highest BCUT2D eigenvalue weighted by Gasteiger charge is 2.18. The minimum absolute atomic E-state index is 0.0248. The van der Waals surface area contributed by atoms with Crippen LogP contribution in [-0.2, 0) is 4.74 Å². The van der Waals surface area contributed by atoms with E-state index in [2.05, 4.69) is 22.4 Å². The molecule has 1 aliphatic heterocycles. The number of pyridine rings is 1. The zero-order chi connectivity index (χ0) is 15.2. The molecular formula is C18H21FN2O. The number of ether oxygens (including phenoxy) is 1. The Bertz CT molecular complexity index is 567. The van der Waals surface area contributed by atoms with E-state index in [1.165, 1.54) is 12.3 Å². The van der Waals surface area contributed by atoms with E-state index in [1.54, 1.807) is 6.07 Å². The second kappa shape index (κ2) is 7.47. The molecule has 116 valence electrons. The molecule has 2 heterocycles. The second-order valence-corrected chi connectivity index (χ2v) is 5.62. The minimum atomic E-state index is -0.310. The molecule has 2 aromatic rings. The van der Waals surface area contributed by atoms with Gasteiger partial charge in [-0.15, -0.1) is 0 Å². The topological polar surface area (TPSA) is 34.1 Å². The van der Waals surface area contributed by atoms with Crippen molar-refractivity contribution in [3.63, 3.8) is 0 Å². The minimum Gasteiger partial charge on any atom is -0.378 e. The van der Waals surface area contributed by atoms with Crippen molar-refractivity contribution in [3.8, 4) is 0 Å². The van der Waals surface area contributed by atoms with Gasteiger partial charge in [-0.25, -0.2) is 4.39 Å². The summed E-state index contributed by atoms with van der Waals surface area (Å²) in [5.74, 6) is -0.310. The average Bonchev–Trinajstić information content (AvgIpc) is 3.07. The largest absolute Gasteiger partial charge is 0.378 e. The molecule has 0 spiro atoms. The van der Waals surface area contributed by atoms with Crippen LogP contribution in [-0.4, -0.2) is 24.2 Å². The number of benzene rings is 1. The van der Waals surface area contributed by atoms with Crippen molar-refractivity contribution in [1.82, 2.24) is 10.3 Å². The highest BCUT2D eigenvalue weighted by molar-refractivity contribution is 5.27. The maximum absolute atomic E-state index is 13.1. The molecule has 3 nitrogen and oxygen atoms in total. The third-order valence-corrected chi connectivity index (χ3v) is 4.02. The maximum atomic E-state index is 13.1. The Morgan fingerprint density at radius 2 is 2.09 bits per heavy atom. The van der Waals surface area contributed by atoms with Gasteiger partial charge in [-0.1, -0.05) is 30.3 Å². The Kier molecular flexibility index (Phi) is 5.14. The van der Waals surface area contributed by atoms with Crippen LogP contribution >= 0.6 is 0 Å². The Morgan fingerprint density at radius 3 is 2.77 bits per heavy atom. The van der Waals surface area contributed by atoms with Crippen LogP contribution in [0.3, 0.4) is 0 Å². The first-order valence-electron chi connectivity index (χ1n) is 7.84. The first kappa shape index (κ1) is 15.1. The SMILES string of the molecule is Fc1ccc([C@@H](NCC[C@H]2CCCO2)c2ccccc2)nc1. The lowest BCUT2D eigenvalue weighted by Crippen LogP contribution is -2.26. The standard InChI is InChI=1S/C18H21FN2O/c19-15-8-9-17(21-13-15)18(14-5-2-1-3-6-14)20-11-10-16-7-4-12-22-16/h1-3,5-6,8-9,13,16,18,20H,4,7,10-12H2/t16-,18+/m1/s1. The Balaban J connectivity index is 1.70. The van der Waals surface area contributed by atoms with Crippen molar-refractivity contribution in [2.45, 2.75) is 31.4 Å². The number of nitrogens with zero attached hydrogens (tertiary/aromatic N) is 1. The molecule has 1 aliphatic rings. The van der Waals surface area contributed by atoms with Crippen molar-refractivity contribution in [3.05, 3.63) is 65.7 Å². The number of halogens is 1. The zero-order valence-corrected chi connectivity index (χ0v) is 12.5. The van der Waals surface area contributed by atoms with Crippen molar-refractivity contribution in [2.24, 2.45) is 0 Å². The van der Waals surface area contributed by atoms with E-state index in [1.807, 2.05) is 18.2 Å². The number of rotatable bonds is 6. The summed E-state index contributed by atoms with van der Waals surface area (Å²) in [5.41, 5.74) is 1.97. The molecule has 0 unspecified atom stereocenters.